The van der Waals surface area contributed by atoms with E-state index < -0.39 is 0 Å². The smallest absolute Gasteiger partial charge is 0.194 e. The molecule has 3 aromatic rings. The molecule has 0 bridgehead atoms. The number of hydrogen-bond donors (Lipinski definition) is 1. The quantitative estimate of drug-likeness (QED) is 0.541. The van der Waals surface area contributed by atoms with Crippen LogP contribution in [0.5, 0.6) is 11.5 Å². The van der Waals surface area contributed by atoms with Crippen LogP contribution in [0.2, 0.25) is 0 Å². The van der Waals surface area contributed by atoms with Crippen LogP contribution in [0.1, 0.15) is 29.8 Å². The highest BCUT2D eigenvalue weighted by Gasteiger charge is 2.15. The van der Waals surface area contributed by atoms with Gasteiger partial charge in [0.05, 0.1) is 18.9 Å². The van der Waals surface area contributed by atoms with Crippen molar-refractivity contribution in [1.82, 2.24) is 25.5 Å². The van der Waals surface area contributed by atoms with E-state index in [1.165, 1.54) is 5.56 Å². The molecule has 2 heterocycles. The number of nitrogens with one attached hydrogen (secondary N) is 1. The maximum atomic E-state index is 5.97. The van der Waals surface area contributed by atoms with Crippen LogP contribution < -0.4 is 14.8 Å². The van der Waals surface area contributed by atoms with Crippen LogP contribution in [0.25, 0.3) is 5.69 Å². The fourth-order valence-corrected chi connectivity index (χ4v) is 3.45. The zero-order chi connectivity index (χ0) is 20.8. The van der Waals surface area contributed by atoms with Crippen LogP contribution in [0.15, 0.2) is 42.5 Å². The lowest BCUT2D eigenvalue weighted by atomic mass is 10.2. The maximum Gasteiger partial charge on any atom is 0.194 e. The average Bonchev–Trinajstić information content (AvgIpc) is 3.45. The number of nitrogens with zero attached hydrogens (tertiary/aromatic N) is 4. The largest absolute Gasteiger partial charge is 0.493 e. The topological polar surface area (TPSA) is 83.3 Å². The summed E-state index contributed by atoms with van der Waals surface area (Å²) in [6.45, 7) is 4.76. The molecule has 1 atom stereocenters. The van der Waals surface area contributed by atoms with Crippen molar-refractivity contribution in [2.45, 2.75) is 39.0 Å². The van der Waals surface area contributed by atoms with Crippen molar-refractivity contribution in [2.24, 2.45) is 0 Å². The van der Waals surface area contributed by atoms with Crippen molar-refractivity contribution in [3.8, 4) is 17.2 Å². The summed E-state index contributed by atoms with van der Waals surface area (Å²) < 4.78 is 18.8. The Kier molecular flexibility index (Phi) is 8.22. The third-order valence-electron chi connectivity index (χ3n) is 5.12. The second-order valence-electron chi connectivity index (χ2n) is 7.38. The van der Waals surface area contributed by atoms with E-state index in [1.807, 2.05) is 49.4 Å². The second-order valence-corrected chi connectivity index (χ2v) is 7.38. The number of aryl methyl sites for hydroxylation is 1. The normalized spacial score (nSPS) is 15.5. The van der Waals surface area contributed by atoms with Crippen molar-refractivity contribution in [3.05, 3.63) is 59.4 Å². The average molecular weight is 446 g/mol. The van der Waals surface area contributed by atoms with E-state index in [2.05, 4.69) is 20.8 Å². The monoisotopic (exact) mass is 445 g/mol. The van der Waals surface area contributed by atoms with Gasteiger partial charge in [-0.2, -0.15) is 4.68 Å². The fourth-order valence-electron chi connectivity index (χ4n) is 3.45. The summed E-state index contributed by atoms with van der Waals surface area (Å²) in [7, 11) is 1.64. The molecule has 1 aliphatic heterocycles. The molecule has 9 heteroatoms. The predicted octanol–water partition coefficient (Wildman–Crippen LogP) is 3.25. The van der Waals surface area contributed by atoms with Gasteiger partial charge in [0.15, 0.2) is 23.9 Å². The summed E-state index contributed by atoms with van der Waals surface area (Å²) in [5, 5.41) is 15.4. The molecule has 0 amide bonds. The Morgan fingerprint density at radius 2 is 2.00 bits per heavy atom. The van der Waals surface area contributed by atoms with Crippen LogP contribution in [0.4, 0.5) is 0 Å². The number of rotatable bonds is 9. The molecule has 1 N–H and O–H groups in total. The molecule has 1 saturated heterocycles. The Hall–Kier alpha value is -2.68. The molecule has 0 aliphatic carbocycles. The van der Waals surface area contributed by atoms with Gasteiger partial charge in [-0.3, -0.25) is 0 Å². The Balaban J connectivity index is 0.00000272. The minimum Gasteiger partial charge on any atom is -0.493 e. The van der Waals surface area contributed by atoms with E-state index in [0.29, 0.717) is 23.4 Å². The van der Waals surface area contributed by atoms with Gasteiger partial charge in [0.2, 0.25) is 0 Å². The number of aromatic nitrogens is 4. The Morgan fingerprint density at radius 3 is 2.74 bits per heavy atom. The fraction of sp³-hybridized carbons (Fsp3) is 0.409. The van der Waals surface area contributed by atoms with E-state index in [4.69, 9.17) is 14.2 Å². The van der Waals surface area contributed by atoms with Gasteiger partial charge in [0, 0.05) is 19.7 Å². The number of tetrazole rings is 1. The van der Waals surface area contributed by atoms with Gasteiger partial charge in [-0.15, -0.1) is 17.5 Å². The molecule has 8 nitrogen and oxygen atoms in total. The van der Waals surface area contributed by atoms with Crippen LogP contribution in [-0.2, 0) is 17.9 Å². The minimum atomic E-state index is 0. The van der Waals surface area contributed by atoms with E-state index >= 15 is 0 Å². The number of methoxy groups -OCH3 is 1. The highest BCUT2D eigenvalue weighted by atomic mass is 35.5. The number of hydrogen-bond acceptors (Lipinski definition) is 7. The number of halogens is 1. The maximum absolute atomic E-state index is 5.97. The lowest BCUT2D eigenvalue weighted by molar-refractivity contribution is 0.110. The highest BCUT2D eigenvalue weighted by molar-refractivity contribution is 5.85. The summed E-state index contributed by atoms with van der Waals surface area (Å²) in [4.78, 5) is 0. The minimum absolute atomic E-state index is 0. The van der Waals surface area contributed by atoms with Crippen molar-refractivity contribution in [2.75, 3.05) is 20.3 Å². The number of benzene rings is 2. The first-order chi connectivity index (χ1) is 14.7. The molecule has 2 aromatic carbocycles. The second kappa shape index (κ2) is 11.1. The lowest BCUT2D eigenvalue weighted by Crippen LogP contribution is -2.25. The SMILES string of the molecule is COc1cc(CNCC2CCCO2)ccc1OCc1nnnn1-c1ccc(C)cc1.Cl. The standard InChI is InChI=1S/C22H27N5O3.ClH/c1-16-5-8-18(9-6-16)27-22(24-25-26-27)15-30-20-10-7-17(12-21(20)28-2)13-23-14-19-4-3-11-29-19;/h5-10,12,19,23H,3-4,11,13-15H2,1-2H3;1H. The molecule has 1 fully saturated rings. The summed E-state index contributed by atoms with van der Waals surface area (Å²) >= 11 is 0. The molecular weight excluding hydrogens is 418 g/mol. The van der Waals surface area contributed by atoms with Gasteiger partial charge < -0.3 is 19.5 Å². The first-order valence-electron chi connectivity index (χ1n) is 10.2. The van der Waals surface area contributed by atoms with Crippen molar-refractivity contribution in [1.29, 1.82) is 0 Å². The number of ether oxygens (including phenoxy) is 3. The third-order valence-corrected chi connectivity index (χ3v) is 5.12. The first kappa shape index (κ1) is 23.0. The van der Waals surface area contributed by atoms with Gasteiger partial charge in [-0.25, -0.2) is 0 Å². The Morgan fingerprint density at radius 1 is 1.16 bits per heavy atom. The summed E-state index contributed by atoms with van der Waals surface area (Å²) in [6.07, 6.45) is 2.61. The molecule has 0 radical (unpaired) electrons. The molecule has 0 spiro atoms. The molecule has 1 aliphatic rings. The summed E-state index contributed by atoms with van der Waals surface area (Å²) in [5.41, 5.74) is 3.20. The van der Waals surface area contributed by atoms with E-state index in [1.54, 1.807) is 11.8 Å². The lowest BCUT2D eigenvalue weighted by Gasteiger charge is -2.14. The van der Waals surface area contributed by atoms with Gasteiger partial charge >= 0.3 is 0 Å². The molecule has 1 unspecified atom stereocenters. The van der Waals surface area contributed by atoms with Crippen LogP contribution in [0, 0.1) is 6.92 Å². The molecule has 0 saturated carbocycles. The predicted molar refractivity (Wildman–Crippen MR) is 119 cm³/mol. The molecule has 4 rings (SSSR count). The van der Waals surface area contributed by atoms with E-state index in [0.717, 1.165) is 43.8 Å². The molecule has 31 heavy (non-hydrogen) atoms. The van der Waals surface area contributed by atoms with E-state index in [9.17, 15) is 0 Å². The van der Waals surface area contributed by atoms with Crippen molar-refractivity contribution < 1.29 is 14.2 Å². The zero-order valence-electron chi connectivity index (χ0n) is 17.8. The molecular formula is C22H28ClN5O3. The van der Waals surface area contributed by atoms with Crippen LogP contribution >= 0.6 is 12.4 Å². The Labute approximate surface area is 188 Å². The third kappa shape index (κ3) is 5.94. The first-order valence-corrected chi connectivity index (χ1v) is 10.2. The van der Waals surface area contributed by atoms with Crippen molar-refractivity contribution >= 4 is 12.4 Å². The molecule has 1 aromatic heterocycles. The van der Waals surface area contributed by atoms with Crippen LogP contribution in [0.3, 0.4) is 0 Å². The van der Waals surface area contributed by atoms with Gasteiger partial charge in [-0.05, 0) is 60.0 Å². The van der Waals surface area contributed by atoms with Gasteiger partial charge in [-0.1, -0.05) is 23.8 Å². The molecule has 166 valence electrons. The highest BCUT2D eigenvalue weighted by Crippen LogP contribution is 2.29. The van der Waals surface area contributed by atoms with Crippen molar-refractivity contribution in [3.63, 3.8) is 0 Å². The summed E-state index contributed by atoms with van der Waals surface area (Å²) in [6, 6.07) is 13.9. The Bertz CT molecular complexity index is 958. The summed E-state index contributed by atoms with van der Waals surface area (Å²) in [5.74, 6) is 1.95. The zero-order valence-corrected chi connectivity index (χ0v) is 18.6. The van der Waals surface area contributed by atoms with Crippen LogP contribution in [-0.4, -0.2) is 46.6 Å². The van der Waals surface area contributed by atoms with Gasteiger partial charge in [0.1, 0.15) is 0 Å². The van der Waals surface area contributed by atoms with Gasteiger partial charge in [0.25, 0.3) is 0 Å². The van der Waals surface area contributed by atoms with E-state index in [-0.39, 0.29) is 19.0 Å².